The van der Waals surface area contributed by atoms with Crippen molar-refractivity contribution in [3.63, 3.8) is 0 Å². The molecular formula is C9H10ClFN2. The van der Waals surface area contributed by atoms with Gasteiger partial charge in [-0.1, -0.05) is 17.7 Å². The Balaban J connectivity index is 3.22. The van der Waals surface area contributed by atoms with Gasteiger partial charge in [-0.3, -0.25) is 0 Å². The van der Waals surface area contributed by atoms with Crippen molar-refractivity contribution < 1.29 is 4.39 Å². The summed E-state index contributed by atoms with van der Waals surface area (Å²) in [6.45, 7) is 3.49. The maximum atomic E-state index is 13.0. The highest BCUT2D eigenvalue weighted by atomic mass is 35.5. The molecule has 0 amide bonds. The minimum atomic E-state index is -0.517. The first-order chi connectivity index (χ1) is 6.06. The molecule has 1 aromatic carbocycles. The zero-order valence-corrected chi connectivity index (χ0v) is 7.68. The molecule has 0 fully saturated rings. The van der Waals surface area contributed by atoms with Crippen molar-refractivity contribution in [2.75, 3.05) is 5.73 Å². The third-order valence-electron chi connectivity index (χ3n) is 1.73. The molecule has 4 heteroatoms. The normalized spacial score (nSPS) is 12.5. The minimum Gasteiger partial charge on any atom is -0.396 e. The Morgan fingerprint density at radius 2 is 2.15 bits per heavy atom. The van der Waals surface area contributed by atoms with Crippen molar-refractivity contribution >= 4 is 17.3 Å². The number of benzene rings is 1. The van der Waals surface area contributed by atoms with Gasteiger partial charge in [-0.15, -0.1) is 6.58 Å². The molecule has 0 aliphatic heterocycles. The molecule has 0 radical (unpaired) electrons. The fraction of sp³-hybridized carbons (Fsp3) is 0.111. The van der Waals surface area contributed by atoms with Crippen molar-refractivity contribution in [2.45, 2.75) is 6.04 Å². The van der Waals surface area contributed by atoms with E-state index >= 15 is 0 Å². The number of anilines is 1. The number of hydrogen-bond acceptors (Lipinski definition) is 2. The Hall–Kier alpha value is -1.06. The van der Waals surface area contributed by atoms with Gasteiger partial charge in [0.1, 0.15) is 5.82 Å². The molecule has 0 saturated heterocycles. The van der Waals surface area contributed by atoms with Crippen LogP contribution in [0.5, 0.6) is 0 Å². The molecule has 2 nitrogen and oxygen atoms in total. The average molecular weight is 201 g/mol. The van der Waals surface area contributed by atoms with Crippen molar-refractivity contribution in [3.8, 4) is 0 Å². The second-order valence-electron chi connectivity index (χ2n) is 2.66. The number of halogens is 2. The van der Waals surface area contributed by atoms with Crippen LogP contribution in [0.1, 0.15) is 11.6 Å². The van der Waals surface area contributed by atoms with Gasteiger partial charge in [0.25, 0.3) is 0 Å². The number of rotatable bonds is 2. The molecule has 0 bridgehead atoms. The van der Waals surface area contributed by atoms with Gasteiger partial charge in [-0.2, -0.15) is 0 Å². The van der Waals surface area contributed by atoms with Gasteiger partial charge in [-0.25, -0.2) is 4.39 Å². The summed E-state index contributed by atoms with van der Waals surface area (Å²) in [7, 11) is 0. The van der Waals surface area contributed by atoms with E-state index in [1.54, 1.807) is 0 Å². The van der Waals surface area contributed by atoms with E-state index in [1.165, 1.54) is 18.2 Å². The monoisotopic (exact) mass is 200 g/mol. The van der Waals surface area contributed by atoms with Crippen LogP contribution in [0.15, 0.2) is 24.8 Å². The highest BCUT2D eigenvalue weighted by Gasteiger charge is 2.10. The SMILES string of the molecule is C=CC(N)c1cc(F)c(N)cc1Cl. The summed E-state index contributed by atoms with van der Waals surface area (Å²) in [6, 6.07) is 2.10. The van der Waals surface area contributed by atoms with E-state index < -0.39 is 11.9 Å². The van der Waals surface area contributed by atoms with Crippen molar-refractivity contribution in [3.05, 3.63) is 41.2 Å². The van der Waals surface area contributed by atoms with Crippen LogP contribution in [0.4, 0.5) is 10.1 Å². The Morgan fingerprint density at radius 3 is 2.69 bits per heavy atom. The van der Waals surface area contributed by atoms with E-state index in [0.717, 1.165) is 0 Å². The average Bonchev–Trinajstić information content (AvgIpc) is 2.10. The summed E-state index contributed by atoms with van der Waals surface area (Å²) in [4.78, 5) is 0. The van der Waals surface area contributed by atoms with E-state index in [-0.39, 0.29) is 5.69 Å². The molecule has 1 aromatic rings. The topological polar surface area (TPSA) is 52.0 Å². The van der Waals surface area contributed by atoms with Crippen molar-refractivity contribution in [2.24, 2.45) is 5.73 Å². The van der Waals surface area contributed by atoms with E-state index in [4.69, 9.17) is 23.1 Å². The van der Waals surface area contributed by atoms with Crippen LogP contribution in [0, 0.1) is 5.82 Å². The molecule has 13 heavy (non-hydrogen) atoms. The number of hydrogen-bond donors (Lipinski definition) is 2. The lowest BCUT2D eigenvalue weighted by Crippen LogP contribution is -2.08. The zero-order chi connectivity index (χ0) is 10.0. The van der Waals surface area contributed by atoms with Crippen molar-refractivity contribution in [1.82, 2.24) is 0 Å². The highest BCUT2D eigenvalue weighted by Crippen LogP contribution is 2.26. The maximum Gasteiger partial charge on any atom is 0.146 e. The highest BCUT2D eigenvalue weighted by molar-refractivity contribution is 6.31. The van der Waals surface area contributed by atoms with Gasteiger partial charge in [-0.05, 0) is 17.7 Å². The van der Waals surface area contributed by atoms with Gasteiger partial charge in [0, 0.05) is 11.1 Å². The Kier molecular flexibility index (Phi) is 2.90. The molecule has 1 rings (SSSR count). The molecule has 1 unspecified atom stereocenters. The molecule has 0 saturated carbocycles. The Bertz CT molecular complexity index is 339. The smallest absolute Gasteiger partial charge is 0.146 e. The molecule has 1 atom stereocenters. The second-order valence-corrected chi connectivity index (χ2v) is 3.06. The quantitative estimate of drug-likeness (QED) is 0.568. The molecule has 0 spiro atoms. The minimum absolute atomic E-state index is 0.0185. The fourth-order valence-electron chi connectivity index (χ4n) is 0.960. The van der Waals surface area contributed by atoms with Crippen LogP contribution >= 0.6 is 11.6 Å². The lowest BCUT2D eigenvalue weighted by molar-refractivity contribution is 0.629. The molecule has 0 aromatic heterocycles. The molecule has 70 valence electrons. The van der Waals surface area contributed by atoms with Crippen LogP contribution in [-0.2, 0) is 0 Å². The molecular weight excluding hydrogens is 191 g/mol. The summed E-state index contributed by atoms with van der Waals surface area (Å²) in [5.41, 5.74) is 11.4. The van der Waals surface area contributed by atoms with Crippen LogP contribution in [0.2, 0.25) is 5.02 Å². The second kappa shape index (κ2) is 3.77. The lowest BCUT2D eigenvalue weighted by Gasteiger charge is -2.09. The number of nitrogens with two attached hydrogens (primary N) is 2. The largest absolute Gasteiger partial charge is 0.396 e. The number of nitrogen functional groups attached to an aromatic ring is 1. The zero-order valence-electron chi connectivity index (χ0n) is 6.93. The predicted molar refractivity (Wildman–Crippen MR) is 52.9 cm³/mol. The van der Waals surface area contributed by atoms with E-state index in [0.29, 0.717) is 10.6 Å². The molecule has 0 heterocycles. The van der Waals surface area contributed by atoms with E-state index in [2.05, 4.69) is 6.58 Å². The van der Waals surface area contributed by atoms with Gasteiger partial charge < -0.3 is 11.5 Å². The van der Waals surface area contributed by atoms with Crippen LogP contribution < -0.4 is 11.5 Å². The van der Waals surface area contributed by atoms with E-state index in [1.807, 2.05) is 0 Å². The summed E-state index contributed by atoms with van der Waals surface area (Å²) >= 11 is 5.80. The summed E-state index contributed by atoms with van der Waals surface area (Å²) < 4.78 is 13.0. The summed E-state index contributed by atoms with van der Waals surface area (Å²) in [5.74, 6) is -0.517. The Labute approximate surface area is 81.0 Å². The summed E-state index contributed by atoms with van der Waals surface area (Å²) in [5, 5.41) is 0.353. The fourth-order valence-corrected chi connectivity index (χ4v) is 1.26. The van der Waals surface area contributed by atoms with Gasteiger partial charge in [0.05, 0.1) is 5.69 Å². The van der Waals surface area contributed by atoms with E-state index in [9.17, 15) is 4.39 Å². The van der Waals surface area contributed by atoms with Gasteiger partial charge in [0.15, 0.2) is 0 Å². The maximum absolute atomic E-state index is 13.0. The molecule has 0 aliphatic rings. The van der Waals surface area contributed by atoms with Crippen molar-refractivity contribution in [1.29, 1.82) is 0 Å². The lowest BCUT2D eigenvalue weighted by atomic mass is 10.1. The first-order valence-corrected chi connectivity index (χ1v) is 4.06. The van der Waals surface area contributed by atoms with Gasteiger partial charge in [0.2, 0.25) is 0 Å². The predicted octanol–water partition coefficient (Wildman–Crippen LogP) is 2.25. The van der Waals surface area contributed by atoms with Crippen LogP contribution in [-0.4, -0.2) is 0 Å². The first kappa shape index (κ1) is 10.0. The standard InChI is InChI=1S/C9H10ClFN2/c1-2-8(12)5-3-7(11)9(13)4-6(5)10/h2-4,8H,1,12-13H2. The summed E-state index contributed by atoms with van der Waals surface area (Å²) in [6.07, 6.45) is 1.48. The third kappa shape index (κ3) is 1.99. The first-order valence-electron chi connectivity index (χ1n) is 3.68. The molecule has 4 N–H and O–H groups in total. The van der Waals surface area contributed by atoms with Crippen LogP contribution in [0.3, 0.4) is 0 Å². The Morgan fingerprint density at radius 1 is 1.54 bits per heavy atom. The molecule has 0 aliphatic carbocycles. The van der Waals surface area contributed by atoms with Crippen LogP contribution in [0.25, 0.3) is 0 Å². The van der Waals surface area contributed by atoms with Gasteiger partial charge >= 0.3 is 0 Å². The third-order valence-corrected chi connectivity index (χ3v) is 2.06.